The molecule has 0 saturated carbocycles. The van der Waals surface area contributed by atoms with Crippen molar-refractivity contribution in [1.82, 2.24) is 15.1 Å². The average Bonchev–Trinajstić information content (AvgIpc) is 3.35. The van der Waals surface area contributed by atoms with Crippen molar-refractivity contribution in [2.45, 2.75) is 51.1 Å². The number of amides is 4. The second-order valence-corrected chi connectivity index (χ2v) is 9.22. The number of likely N-dealkylation sites (tertiary alicyclic amines) is 2. The van der Waals surface area contributed by atoms with E-state index in [1.54, 1.807) is 4.90 Å². The molecule has 33 heavy (non-hydrogen) atoms. The summed E-state index contributed by atoms with van der Waals surface area (Å²) < 4.78 is 0. The van der Waals surface area contributed by atoms with Gasteiger partial charge in [0.2, 0.25) is 23.6 Å². The number of primary amides is 1. The molecule has 3 fully saturated rings. The molecule has 0 aromatic heterocycles. The van der Waals surface area contributed by atoms with Crippen LogP contribution in [0.15, 0.2) is 24.3 Å². The quantitative estimate of drug-likeness (QED) is 0.417. The Hall–Kier alpha value is -2.78. The van der Waals surface area contributed by atoms with Gasteiger partial charge in [-0.3, -0.25) is 24.1 Å². The lowest BCUT2D eigenvalue weighted by Crippen LogP contribution is -2.41. The van der Waals surface area contributed by atoms with Gasteiger partial charge in [0, 0.05) is 24.6 Å². The molecule has 1 atom stereocenters. The third kappa shape index (κ3) is 5.59. The van der Waals surface area contributed by atoms with Crippen LogP contribution >= 0.6 is 0 Å². The van der Waals surface area contributed by atoms with E-state index in [4.69, 9.17) is 5.73 Å². The first-order valence-corrected chi connectivity index (χ1v) is 11.9. The summed E-state index contributed by atoms with van der Waals surface area (Å²) in [5.41, 5.74) is 7.11. The maximum Gasteiger partial charge on any atom is 0.247 e. The Morgan fingerprint density at radius 3 is 2.39 bits per heavy atom. The molecule has 3 heterocycles. The summed E-state index contributed by atoms with van der Waals surface area (Å²) in [6.45, 7) is 4.27. The Labute approximate surface area is 194 Å². The summed E-state index contributed by atoms with van der Waals surface area (Å²) in [4.78, 5) is 53.8. The molecule has 3 N–H and O–H groups in total. The number of hydrogen-bond acceptors (Lipinski definition) is 6. The van der Waals surface area contributed by atoms with Crippen LogP contribution in [0.25, 0.3) is 0 Å². The van der Waals surface area contributed by atoms with E-state index in [0.717, 1.165) is 63.1 Å². The van der Waals surface area contributed by atoms with Crippen LogP contribution < -0.4 is 16.0 Å². The minimum Gasteiger partial charge on any atom is -0.369 e. The van der Waals surface area contributed by atoms with Crippen molar-refractivity contribution >= 4 is 29.3 Å². The third-order valence-electron chi connectivity index (χ3n) is 6.94. The van der Waals surface area contributed by atoms with Crippen molar-refractivity contribution in [2.24, 2.45) is 11.7 Å². The van der Waals surface area contributed by atoms with Gasteiger partial charge >= 0.3 is 0 Å². The summed E-state index contributed by atoms with van der Waals surface area (Å²) in [5, 5.41) is 3.24. The average molecular weight is 456 g/mol. The molecule has 0 spiro atoms. The van der Waals surface area contributed by atoms with Crippen molar-refractivity contribution in [2.75, 3.05) is 37.6 Å². The molecule has 0 unspecified atom stereocenters. The van der Waals surface area contributed by atoms with E-state index < -0.39 is 6.04 Å². The Bertz CT molecular complexity index is 895. The topological polar surface area (TPSA) is 116 Å². The molecular weight excluding hydrogens is 422 g/mol. The molecular formula is C24H33N5O4. The monoisotopic (exact) mass is 455 g/mol. The van der Waals surface area contributed by atoms with Gasteiger partial charge in [0.1, 0.15) is 0 Å². The fourth-order valence-electron chi connectivity index (χ4n) is 4.91. The highest BCUT2D eigenvalue weighted by Gasteiger charge is 2.38. The minimum atomic E-state index is -0.473. The van der Waals surface area contributed by atoms with Crippen LogP contribution in [-0.4, -0.2) is 72.2 Å². The molecule has 0 bridgehead atoms. The van der Waals surface area contributed by atoms with Crippen molar-refractivity contribution in [3.05, 3.63) is 29.8 Å². The highest BCUT2D eigenvalue weighted by molar-refractivity contribution is 6.05. The van der Waals surface area contributed by atoms with Gasteiger partial charge < -0.3 is 20.9 Å². The molecule has 0 radical (unpaired) electrons. The first kappa shape index (κ1) is 23.4. The maximum atomic E-state index is 12.8. The Kier molecular flexibility index (Phi) is 7.39. The molecule has 4 amide bonds. The predicted octanol–water partition coefficient (Wildman–Crippen LogP) is 0.618. The molecule has 4 rings (SSSR count). The molecule has 1 aromatic rings. The summed E-state index contributed by atoms with van der Waals surface area (Å²) in [6.07, 6.45) is 4.13. The zero-order valence-electron chi connectivity index (χ0n) is 19.0. The van der Waals surface area contributed by atoms with Gasteiger partial charge in [0.15, 0.2) is 0 Å². The minimum absolute atomic E-state index is 0.00797. The lowest BCUT2D eigenvalue weighted by molar-refractivity contribution is -0.139. The van der Waals surface area contributed by atoms with E-state index in [0.29, 0.717) is 13.0 Å². The van der Waals surface area contributed by atoms with Crippen molar-refractivity contribution in [3.63, 3.8) is 0 Å². The van der Waals surface area contributed by atoms with E-state index in [1.807, 2.05) is 24.3 Å². The van der Waals surface area contributed by atoms with Crippen LogP contribution in [0.1, 0.15) is 44.1 Å². The zero-order chi connectivity index (χ0) is 23.4. The van der Waals surface area contributed by atoms with E-state index in [1.165, 1.54) is 4.90 Å². The second kappa shape index (κ2) is 10.4. The molecule has 9 heteroatoms. The number of nitrogens with one attached hydrogen (secondary N) is 1. The Balaban J connectivity index is 1.20. The van der Waals surface area contributed by atoms with Crippen LogP contribution in [0.2, 0.25) is 0 Å². The van der Waals surface area contributed by atoms with Crippen molar-refractivity contribution < 1.29 is 19.2 Å². The summed E-state index contributed by atoms with van der Waals surface area (Å²) in [5.74, 6) is -0.420. The normalized spacial score (nSPS) is 22.5. The molecule has 178 valence electrons. The summed E-state index contributed by atoms with van der Waals surface area (Å²) >= 11 is 0. The summed E-state index contributed by atoms with van der Waals surface area (Å²) in [6, 6.07) is 7.05. The second-order valence-electron chi connectivity index (χ2n) is 9.22. The molecule has 9 nitrogen and oxygen atoms in total. The zero-order valence-corrected chi connectivity index (χ0v) is 19.0. The smallest absolute Gasteiger partial charge is 0.247 e. The SMILES string of the molecule is NC(=O)C1CCN(CCCN[C@@H]2CC(=O)N(Cc3ccc(N4CCCC4=O)cc3)C2=O)CC1. The number of imide groups is 1. The standard InChI is InChI=1S/C24H33N5O4/c25-23(32)18-8-13-27(14-9-18)11-2-10-26-20-15-22(31)29(24(20)33)16-17-4-6-19(7-5-17)28-12-1-3-21(28)30/h4-7,18,20,26H,1-3,8-16H2,(H2,25,32)/t20-/m1/s1. The summed E-state index contributed by atoms with van der Waals surface area (Å²) in [7, 11) is 0. The molecule has 1 aromatic carbocycles. The van der Waals surface area contributed by atoms with Gasteiger partial charge in [0.25, 0.3) is 0 Å². The third-order valence-corrected chi connectivity index (χ3v) is 6.94. The number of benzene rings is 1. The number of carbonyl (C=O) groups excluding carboxylic acids is 4. The number of anilines is 1. The lowest BCUT2D eigenvalue weighted by Gasteiger charge is -2.30. The van der Waals surface area contributed by atoms with Gasteiger partial charge in [-0.05, 0) is 69.6 Å². The van der Waals surface area contributed by atoms with Gasteiger partial charge in [0.05, 0.1) is 19.0 Å². The molecule has 3 aliphatic heterocycles. The van der Waals surface area contributed by atoms with E-state index in [9.17, 15) is 19.2 Å². The van der Waals surface area contributed by atoms with Crippen LogP contribution in [0.4, 0.5) is 5.69 Å². The first-order valence-electron chi connectivity index (χ1n) is 11.9. The highest BCUT2D eigenvalue weighted by atomic mass is 16.2. The van der Waals surface area contributed by atoms with E-state index in [-0.39, 0.29) is 42.5 Å². The van der Waals surface area contributed by atoms with Crippen LogP contribution in [0, 0.1) is 5.92 Å². The number of hydrogen-bond donors (Lipinski definition) is 2. The number of rotatable bonds is 9. The molecule has 3 saturated heterocycles. The van der Waals surface area contributed by atoms with Crippen molar-refractivity contribution in [3.8, 4) is 0 Å². The fourth-order valence-corrected chi connectivity index (χ4v) is 4.91. The number of nitrogens with two attached hydrogens (primary N) is 1. The number of piperidine rings is 1. The van der Waals surface area contributed by atoms with E-state index >= 15 is 0 Å². The fraction of sp³-hybridized carbons (Fsp3) is 0.583. The highest BCUT2D eigenvalue weighted by Crippen LogP contribution is 2.23. The van der Waals surface area contributed by atoms with E-state index in [2.05, 4.69) is 10.2 Å². The van der Waals surface area contributed by atoms with Gasteiger partial charge in [-0.2, -0.15) is 0 Å². The van der Waals surface area contributed by atoms with Gasteiger partial charge in [-0.25, -0.2) is 0 Å². The predicted molar refractivity (Wildman–Crippen MR) is 123 cm³/mol. The maximum absolute atomic E-state index is 12.8. The first-order chi connectivity index (χ1) is 15.9. The van der Waals surface area contributed by atoms with Gasteiger partial charge in [-0.1, -0.05) is 12.1 Å². The van der Waals surface area contributed by atoms with Crippen LogP contribution in [0.5, 0.6) is 0 Å². The number of carbonyl (C=O) groups is 4. The van der Waals surface area contributed by atoms with Gasteiger partial charge in [-0.15, -0.1) is 0 Å². The number of nitrogens with zero attached hydrogens (tertiary/aromatic N) is 3. The van der Waals surface area contributed by atoms with Crippen LogP contribution in [-0.2, 0) is 25.7 Å². The van der Waals surface area contributed by atoms with Crippen LogP contribution in [0.3, 0.4) is 0 Å². The Morgan fingerprint density at radius 1 is 1.03 bits per heavy atom. The lowest BCUT2D eigenvalue weighted by atomic mass is 9.96. The molecule has 3 aliphatic rings. The Morgan fingerprint density at radius 2 is 1.76 bits per heavy atom. The van der Waals surface area contributed by atoms with Crippen molar-refractivity contribution in [1.29, 1.82) is 0 Å². The largest absolute Gasteiger partial charge is 0.369 e. The molecule has 0 aliphatic carbocycles.